The average Bonchev–Trinajstić information content (AvgIpc) is 2.75. The van der Waals surface area contributed by atoms with Gasteiger partial charge in [-0.15, -0.1) is 0 Å². The van der Waals surface area contributed by atoms with Crippen LogP contribution in [-0.2, 0) is 30.1 Å². The molecule has 0 unspecified atom stereocenters. The first-order chi connectivity index (χ1) is 14.8. The van der Waals surface area contributed by atoms with E-state index in [-0.39, 0.29) is 4.90 Å². The van der Waals surface area contributed by atoms with Crippen LogP contribution in [0.15, 0.2) is 47.4 Å². The van der Waals surface area contributed by atoms with E-state index in [1.165, 1.54) is 0 Å². The Morgan fingerprint density at radius 2 is 1.84 bits per heavy atom. The molecule has 2 aromatic rings. The van der Waals surface area contributed by atoms with E-state index in [9.17, 15) is 8.42 Å². The monoisotopic (exact) mass is 574 g/mol. The van der Waals surface area contributed by atoms with E-state index < -0.39 is 23.5 Å². The Morgan fingerprint density at radius 1 is 1.10 bits per heavy atom. The predicted molar refractivity (Wildman–Crippen MR) is 128 cm³/mol. The molecular formula is C22H30Cl2N2O3RuS. The zero-order valence-electron chi connectivity index (χ0n) is 18.1. The van der Waals surface area contributed by atoms with Crippen molar-refractivity contribution in [3.05, 3.63) is 53.6 Å². The molecular weight excluding hydrogens is 544 g/mol. The normalized spacial score (nSPS) is 12.0. The minimum atomic E-state index is -3.59. The number of benzene rings is 2. The molecule has 31 heavy (non-hydrogen) atoms. The van der Waals surface area contributed by atoms with Crippen molar-refractivity contribution >= 4 is 39.7 Å². The summed E-state index contributed by atoms with van der Waals surface area (Å²) in [5.41, 5.74) is 2.52. The number of sulfonamides is 1. The number of anilines is 1. The van der Waals surface area contributed by atoms with Crippen LogP contribution >= 0.6 is 19.4 Å². The van der Waals surface area contributed by atoms with Crippen molar-refractivity contribution in [2.45, 2.75) is 44.6 Å². The summed E-state index contributed by atoms with van der Waals surface area (Å²) < 4.78 is 35.3. The molecule has 174 valence electrons. The molecule has 0 heterocycles. The van der Waals surface area contributed by atoms with Gasteiger partial charge in [0, 0.05) is 0 Å². The fraction of sp³-hybridized carbons (Fsp3) is 0.409. The molecule has 9 heteroatoms. The van der Waals surface area contributed by atoms with Crippen LogP contribution in [0.5, 0.6) is 5.75 Å². The molecule has 0 aromatic heterocycles. The van der Waals surface area contributed by atoms with Gasteiger partial charge in [-0.25, -0.2) is 0 Å². The molecule has 2 aromatic carbocycles. The van der Waals surface area contributed by atoms with E-state index in [4.69, 9.17) is 24.1 Å². The Hall–Kier alpha value is -0.977. The van der Waals surface area contributed by atoms with Gasteiger partial charge in [0.05, 0.1) is 0 Å². The molecule has 0 saturated carbocycles. The second-order valence-electron chi connectivity index (χ2n) is 6.98. The molecule has 5 nitrogen and oxygen atoms in total. The SMILES string of the molecule is CCCCN(CCC)S(=O)(=O)c1ccc(CNc2ccccc2OC)c([CH]=[Ru]([Cl])[Cl])c1. The molecule has 0 spiro atoms. The first kappa shape index (κ1) is 26.3. The van der Waals surface area contributed by atoms with Crippen LogP contribution < -0.4 is 10.1 Å². The molecule has 0 amide bonds. The van der Waals surface area contributed by atoms with Gasteiger partial charge in [0.25, 0.3) is 0 Å². The third-order valence-corrected chi connectivity index (χ3v) is 8.48. The van der Waals surface area contributed by atoms with Gasteiger partial charge in [0.1, 0.15) is 0 Å². The van der Waals surface area contributed by atoms with Crippen molar-refractivity contribution in [2.75, 3.05) is 25.5 Å². The summed E-state index contributed by atoms with van der Waals surface area (Å²) in [4.78, 5) is 0.271. The summed E-state index contributed by atoms with van der Waals surface area (Å²) in [6, 6.07) is 12.8. The van der Waals surface area contributed by atoms with Crippen molar-refractivity contribution in [2.24, 2.45) is 0 Å². The number of ether oxygens (including phenoxy) is 1. The maximum absolute atomic E-state index is 13.3. The van der Waals surface area contributed by atoms with Gasteiger partial charge < -0.3 is 0 Å². The van der Waals surface area contributed by atoms with E-state index in [2.05, 4.69) is 12.2 Å². The quantitative estimate of drug-likeness (QED) is 0.336. The van der Waals surface area contributed by atoms with E-state index >= 15 is 0 Å². The number of para-hydroxylation sites is 2. The summed E-state index contributed by atoms with van der Waals surface area (Å²) in [7, 11) is 10.3. The summed E-state index contributed by atoms with van der Waals surface area (Å²) in [6.07, 6.45) is 2.54. The Labute approximate surface area is 199 Å². The molecule has 0 saturated heterocycles. The third-order valence-electron chi connectivity index (χ3n) is 4.75. The third kappa shape index (κ3) is 7.54. The van der Waals surface area contributed by atoms with Crippen LogP contribution in [0.4, 0.5) is 5.69 Å². The van der Waals surface area contributed by atoms with Gasteiger partial charge in [0.15, 0.2) is 0 Å². The summed E-state index contributed by atoms with van der Waals surface area (Å²) in [5.74, 6) is 0.737. The van der Waals surface area contributed by atoms with Gasteiger partial charge in [-0.1, -0.05) is 0 Å². The number of nitrogens with zero attached hydrogens (tertiary/aromatic N) is 1. The molecule has 1 N–H and O–H groups in total. The molecule has 2 rings (SSSR count). The molecule has 0 aliphatic rings. The van der Waals surface area contributed by atoms with Crippen LogP contribution in [0.1, 0.15) is 44.2 Å². The van der Waals surface area contributed by atoms with Crippen molar-refractivity contribution in [3.63, 3.8) is 0 Å². The Bertz CT molecular complexity index is 996. The number of hydrogen-bond acceptors (Lipinski definition) is 4. The maximum atomic E-state index is 13.3. The van der Waals surface area contributed by atoms with E-state index in [1.807, 2.05) is 37.3 Å². The van der Waals surface area contributed by atoms with Gasteiger partial charge in [-0.2, -0.15) is 0 Å². The van der Waals surface area contributed by atoms with Crippen molar-refractivity contribution in [1.29, 1.82) is 0 Å². The van der Waals surface area contributed by atoms with Crippen molar-refractivity contribution in [3.8, 4) is 5.75 Å². The molecule has 0 radical (unpaired) electrons. The number of methoxy groups -OCH3 is 1. The van der Waals surface area contributed by atoms with Crippen LogP contribution in [0, 0.1) is 0 Å². The number of nitrogens with one attached hydrogen (secondary N) is 1. The van der Waals surface area contributed by atoms with E-state index in [0.717, 1.165) is 41.8 Å². The summed E-state index contributed by atoms with van der Waals surface area (Å²) in [6.45, 7) is 5.54. The van der Waals surface area contributed by atoms with Crippen LogP contribution in [-0.4, -0.2) is 37.5 Å². The Kier molecular flexibility index (Phi) is 10.9. The van der Waals surface area contributed by atoms with Gasteiger partial charge in [-0.05, 0) is 0 Å². The van der Waals surface area contributed by atoms with E-state index in [1.54, 1.807) is 28.2 Å². The average molecular weight is 575 g/mol. The fourth-order valence-corrected chi connectivity index (χ4v) is 6.60. The van der Waals surface area contributed by atoms with Gasteiger partial charge in [-0.3, -0.25) is 0 Å². The second-order valence-corrected chi connectivity index (χ2v) is 14.6. The molecule has 0 bridgehead atoms. The summed E-state index contributed by atoms with van der Waals surface area (Å²) in [5, 5.41) is 3.35. The fourth-order valence-electron chi connectivity index (χ4n) is 3.14. The first-order valence-electron chi connectivity index (χ1n) is 10.2. The molecule has 0 atom stereocenters. The van der Waals surface area contributed by atoms with Gasteiger partial charge in [0.2, 0.25) is 0 Å². The zero-order valence-corrected chi connectivity index (χ0v) is 22.1. The van der Waals surface area contributed by atoms with Crippen LogP contribution in [0.3, 0.4) is 0 Å². The second kappa shape index (κ2) is 12.9. The van der Waals surface area contributed by atoms with E-state index in [0.29, 0.717) is 19.6 Å². The molecule has 0 aliphatic heterocycles. The van der Waals surface area contributed by atoms with Crippen LogP contribution in [0.25, 0.3) is 0 Å². The predicted octanol–water partition coefficient (Wildman–Crippen LogP) is 5.58. The Balaban J connectivity index is 2.37. The summed E-state index contributed by atoms with van der Waals surface area (Å²) >= 11 is -2.16. The number of unbranched alkanes of at least 4 members (excludes halogenated alkanes) is 1. The van der Waals surface area contributed by atoms with Gasteiger partial charge >= 0.3 is 200 Å². The van der Waals surface area contributed by atoms with Crippen LogP contribution in [0.2, 0.25) is 0 Å². The topological polar surface area (TPSA) is 58.6 Å². The first-order valence-corrected chi connectivity index (χ1v) is 17.1. The minimum absolute atomic E-state index is 0.271. The molecule has 0 fully saturated rings. The Morgan fingerprint density at radius 3 is 2.48 bits per heavy atom. The number of hydrogen-bond donors (Lipinski definition) is 1. The number of halogens is 2. The van der Waals surface area contributed by atoms with Crippen molar-refractivity contribution in [1.82, 2.24) is 4.31 Å². The number of rotatable bonds is 12. The zero-order chi connectivity index (χ0) is 22.9. The standard InChI is InChI=1S/C22H30N2O3S.2ClH.Ru/c1-5-7-15-24(14-6-2)28(25,26)20-13-12-19(18(3)16-20)17-23-21-10-8-9-11-22(21)27-4;;;/h3,8-13,16,23H,5-7,14-15,17H2,1-2,4H3;2*1H;/q;;;+2/p-2. The van der Waals surface area contributed by atoms with Crippen molar-refractivity contribution < 1.29 is 26.7 Å². The molecule has 0 aliphatic carbocycles.